The van der Waals surface area contributed by atoms with Crippen molar-refractivity contribution in [3.05, 3.63) is 11.9 Å². The van der Waals surface area contributed by atoms with Crippen molar-refractivity contribution in [2.75, 3.05) is 39.9 Å². The summed E-state index contributed by atoms with van der Waals surface area (Å²) in [5.41, 5.74) is 0.497. The maximum atomic E-state index is 12.4. The highest BCUT2D eigenvalue weighted by molar-refractivity contribution is 5.91. The number of piperidine rings is 1. The Hall–Kier alpha value is -2.16. The molecule has 1 aromatic heterocycles. The molecule has 2 aliphatic rings. The molecule has 3 amide bonds. The Morgan fingerprint density at radius 3 is 2.62 bits per heavy atom. The third-order valence-corrected chi connectivity index (χ3v) is 6.32. The summed E-state index contributed by atoms with van der Waals surface area (Å²) < 4.78 is 6.80. The standard InChI is InChI=1S/C20H34N6O3/c1-15(2)5-9-22-19(28)25-11-7-20(8-12-25)6-4-17(20)26-14-16(23-24-26)18(27)21-10-13-29-3/h14-15,17H,4-13H2,1-3H3,(H,21,27)(H,22,28). The van der Waals surface area contributed by atoms with E-state index in [9.17, 15) is 9.59 Å². The van der Waals surface area contributed by atoms with Crippen LogP contribution in [0.15, 0.2) is 6.20 Å². The van der Waals surface area contributed by atoms with Crippen LogP contribution in [0.3, 0.4) is 0 Å². The lowest BCUT2D eigenvalue weighted by molar-refractivity contribution is -0.0228. The van der Waals surface area contributed by atoms with Crippen LogP contribution in [-0.4, -0.2) is 71.7 Å². The second-order valence-corrected chi connectivity index (χ2v) is 8.65. The number of hydrogen-bond donors (Lipinski definition) is 2. The second-order valence-electron chi connectivity index (χ2n) is 8.65. The third kappa shape index (κ3) is 5.07. The van der Waals surface area contributed by atoms with Crippen molar-refractivity contribution >= 4 is 11.9 Å². The summed E-state index contributed by atoms with van der Waals surface area (Å²) in [5.74, 6) is 0.361. The first-order chi connectivity index (χ1) is 13.9. The fraction of sp³-hybridized carbons (Fsp3) is 0.800. The van der Waals surface area contributed by atoms with Gasteiger partial charge in [-0.15, -0.1) is 5.10 Å². The van der Waals surface area contributed by atoms with E-state index in [1.807, 2.05) is 9.58 Å². The molecule has 1 aromatic rings. The van der Waals surface area contributed by atoms with Crippen LogP contribution in [0.1, 0.15) is 62.5 Å². The lowest BCUT2D eigenvalue weighted by Crippen LogP contribution is -2.53. The first-order valence-electron chi connectivity index (χ1n) is 10.7. The molecule has 0 bridgehead atoms. The molecular formula is C20H34N6O3. The van der Waals surface area contributed by atoms with Gasteiger partial charge in [-0.05, 0) is 43.4 Å². The van der Waals surface area contributed by atoms with Gasteiger partial charge in [0.25, 0.3) is 5.91 Å². The number of ether oxygens (including phenoxy) is 1. The molecule has 29 heavy (non-hydrogen) atoms. The first kappa shape index (κ1) is 21.5. The minimum absolute atomic E-state index is 0.0483. The van der Waals surface area contributed by atoms with Crippen LogP contribution in [0.5, 0.6) is 0 Å². The number of likely N-dealkylation sites (tertiary alicyclic amines) is 1. The van der Waals surface area contributed by atoms with E-state index in [-0.39, 0.29) is 23.4 Å². The minimum atomic E-state index is -0.227. The summed E-state index contributed by atoms with van der Waals surface area (Å²) in [6, 6.07) is 0.300. The normalized spacial score (nSPS) is 20.6. The van der Waals surface area contributed by atoms with E-state index >= 15 is 0 Å². The molecule has 1 atom stereocenters. The number of hydrogen-bond acceptors (Lipinski definition) is 5. The Morgan fingerprint density at radius 2 is 2.00 bits per heavy atom. The summed E-state index contributed by atoms with van der Waals surface area (Å²) in [6.07, 6.45) is 6.84. The first-order valence-corrected chi connectivity index (χ1v) is 10.7. The molecule has 1 saturated carbocycles. The number of carbonyl (C=O) groups is 2. The Balaban J connectivity index is 1.51. The van der Waals surface area contributed by atoms with Crippen molar-refractivity contribution in [3.63, 3.8) is 0 Å². The van der Waals surface area contributed by atoms with E-state index in [2.05, 4.69) is 34.8 Å². The van der Waals surface area contributed by atoms with Gasteiger partial charge < -0.3 is 20.3 Å². The molecule has 2 heterocycles. The molecule has 1 saturated heterocycles. The number of amides is 3. The Labute approximate surface area is 172 Å². The topological polar surface area (TPSA) is 101 Å². The molecule has 2 fully saturated rings. The smallest absolute Gasteiger partial charge is 0.317 e. The highest BCUT2D eigenvalue weighted by atomic mass is 16.5. The highest BCUT2D eigenvalue weighted by Gasteiger charge is 2.50. The number of urea groups is 1. The Bertz CT molecular complexity index is 696. The second kappa shape index (κ2) is 9.56. The van der Waals surface area contributed by atoms with E-state index in [0.29, 0.717) is 24.8 Å². The fourth-order valence-electron chi connectivity index (χ4n) is 4.30. The van der Waals surface area contributed by atoms with E-state index < -0.39 is 0 Å². The van der Waals surface area contributed by atoms with Crippen LogP contribution in [0.4, 0.5) is 4.79 Å². The maximum Gasteiger partial charge on any atom is 0.317 e. The van der Waals surface area contributed by atoms with Crippen molar-refractivity contribution in [2.45, 2.75) is 52.0 Å². The average Bonchev–Trinajstić information content (AvgIpc) is 3.16. The highest BCUT2D eigenvalue weighted by Crippen LogP contribution is 2.56. The van der Waals surface area contributed by atoms with Gasteiger partial charge >= 0.3 is 6.03 Å². The van der Waals surface area contributed by atoms with E-state index in [1.165, 1.54) is 0 Å². The zero-order valence-corrected chi connectivity index (χ0v) is 17.8. The Kier molecular flexibility index (Phi) is 7.10. The van der Waals surface area contributed by atoms with E-state index in [0.717, 1.165) is 51.7 Å². The van der Waals surface area contributed by atoms with Crippen LogP contribution in [0.2, 0.25) is 0 Å². The van der Waals surface area contributed by atoms with Gasteiger partial charge in [-0.25, -0.2) is 9.48 Å². The summed E-state index contributed by atoms with van der Waals surface area (Å²) in [7, 11) is 1.60. The molecule has 0 aromatic carbocycles. The molecule has 3 rings (SSSR count). The third-order valence-electron chi connectivity index (χ3n) is 6.32. The maximum absolute atomic E-state index is 12.4. The molecule has 9 nitrogen and oxygen atoms in total. The SMILES string of the molecule is COCCNC(=O)c1cn(C2CCC23CCN(C(=O)NCCC(C)C)CC3)nn1. The number of nitrogens with zero attached hydrogens (tertiary/aromatic N) is 4. The lowest BCUT2D eigenvalue weighted by atomic mass is 9.59. The van der Waals surface area contributed by atoms with Crippen molar-refractivity contribution in [1.29, 1.82) is 0 Å². The molecule has 1 aliphatic carbocycles. The van der Waals surface area contributed by atoms with Crippen LogP contribution < -0.4 is 10.6 Å². The van der Waals surface area contributed by atoms with E-state index in [1.54, 1.807) is 13.3 Å². The van der Waals surface area contributed by atoms with Crippen LogP contribution in [-0.2, 0) is 4.74 Å². The molecular weight excluding hydrogens is 372 g/mol. The molecule has 2 N–H and O–H groups in total. The monoisotopic (exact) mass is 406 g/mol. The molecule has 0 radical (unpaired) electrons. The predicted molar refractivity (Wildman–Crippen MR) is 109 cm³/mol. The number of nitrogens with one attached hydrogen (secondary N) is 2. The van der Waals surface area contributed by atoms with E-state index in [4.69, 9.17) is 4.74 Å². The van der Waals surface area contributed by atoms with Crippen LogP contribution in [0, 0.1) is 11.3 Å². The van der Waals surface area contributed by atoms with Gasteiger partial charge in [0.1, 0.15) is 0 Å². The van der Waals surface area contributed by atoms with Gasteiger partial charge in [0.05, 0.1) is 18.8 Å². The molecule has 162 valence electrons. The largest absolute Gasteiger partial charge is 0.383 e. The number of rotatable bonds is 8. The lowest BCUT2D eigenvalue weighted by Gasteiger charge is -2.53. The fourth-order valence-corrected chi connectivity index (χ4v) is 4.30. The minimum Gasteiger partial charge on any atom is -0.383 e. The van der Waals surface area contributed by atoms with Crippen molar-refractivity contribution in [1.82, 2.24) is 30.5 Å². The van der Waals surface area contributed by atoms with Crippen molar-refractivity contribution in [3.8, 4) is 0 Å². The van der Waals surface area contributed by atoms with Crippen molar-refractivity contribution in [2.24, 2.45) is 11.3 Å². The molecule has 1 aliphatic heterocycles. The quantitative estimate of drug-likeness (QED) is 0.642. The number of carbonyl (C=O) groups excluding carboxylic acids is 2. The van der Waals surface area contributed by atoms with Gasteiger partial charge in [-0.1, -0.05) is 19.1 Å². The van der Waals surface area contributed by atoms with Crippen molar-refractivity contribution < 1.29 is 14.3 Å². The zero-order chi connectivity index (χ0) is 20.9. The summed E-state index contributed by atoms with van der Waals surface area (Å²) in [5, 5.41) is 14.1. The summed E-state index contributed by atoms with van der Waals surface area (Å²) in [4.78, 5) is 26.4. The van der Waals surface area contributed by atoms with Crippen LogP contribution >= 0.6 is 0 Å². The summed E-state index contributed by atoms with van der Waals surface area (Å²) >= 11 is 0. The van der Waals surface area contributed by atoms with Gasteiger partial charge in [0.2, 0.25) is 0 Å². The molecule has 9 heteroatoms. The molecule has 1 unspecified atom stereocenters. The van der Waals surface area contributed by atoms with Gasteiger partial charge in [-0.3, -0.25) is 4.79 Å². The van der Waals surface area contributed by atoms with Gasteiger partial charge in [0, 0.05) is 33.3 Å². The van der Waals surface area contributed by atoms with Crippen LogP contribution in [0.25, 0.3) is 0 Å². The van der Waals surface area contributed by atoms with Gasteiger partial charge in [0.15, 0.2) is 5.69 Å². The predicted octanol–water partition coefficient (Wildman–Crippen LogP) is 1.83. The number of aromatic nitrogens is 3. The van der Waals surface area contributed by atoms with Gasteiger partial charge in [-0.2, -0.15) is 0 Å². The zero-order valence-electron chi connectivity index (χ0n) is 17.8. The Morgan fingerprint density at radius 1 is 1.24 bits per heavy atom. The average molecular weight is 407 g/mol. The molecule has 1 spiro atoms. The number of methoxy groups -OCH3 is 1. The summed E-state index contributed by atoms with van der Waals surface area (Å²) in [6.45, 7) is 7.50.